The molecule has 10 N–H and O–H groups in total. The number of nitrogens with zero attached hydrogens (tertiary/aromatic N) is 4. The van der Waals surface area contributed by atoms with Gasteiger partial charge in [-0.25, -0.2) is 9.97 Å². The molecule has 0 saturated carbocycles. The second-order valence-corrected chi connectivity index (χ2v) is 13.2. The number of halogens is 1. The summed E-state index contributed by atoms with van der Waals surface area (Å²) in [6.07, 6.45) is -2.31. The van der Waals surface area contributed by atoms with Crippen molar-refractivity contribution in [2.45, 2.75) is 63.4 Å². The van der Waals surface area contributed by atoms with Crippen LogP contribution in [-0.4, -0.2) is 116 Å². The fourth-order valence-corrected chi connectivity index (χ4v) is 5.84. The highest BCUT2D eigenvalue weighted by atomic mass is 35.5. The number of nitrogen functional groups attached to an aromatic ring is 1. The van der Waals surface area contributed by atoms with Crippen LogP contribution in [0.25, 0.3) is 10.8 Å². The summed E-state index contributed by atoms with van der Waals surface area (Å²) in [4.78, 5) is 26.5. The molecule has 14 nitrogen and oxygen atoms in total. The molecule has 0 spiro atoms. The number of carbonyl (C=O) groups is 1. The first-order chi connectivity index (χ1) is 25.4. The van der Waals surface area contributed by atoms with Crippen LogP contribution in [0.3, 0.4) is 0 Å². The highest BCUT2D eigenvalue weighted by molar-refractivity contribution is 6.30. The van der Waals surface area contributed by atoms with Gasteiger partial charge in [0.15, 0.2) is 22.6 Å². The first kappa shape index (κ1) is 41.3. The number of amides is 1. The lowest BCUT2D eigenvalue weighted by Crippen LogP contribution is -2.50. The second-order valence-electron chi connectivity index (χ2n) is 12.9. The third kappa shape index (κ3) is 12.9. The number of nitrogens with two attached hydrogens (primary N) is 2. The van der Waals surface area contributed by atoms with Gasteiger partial charge in [-0.2, -0.15) is 0 Å². The summed E-state index contributed by atoms with van der Waals surface area (Å²) in [6, 6.07) is 22.3. The Bertz CT molecular complexity index is 1800. The highest BCUT2D eigenvalue weighted by Crippen LogP contribution is 2.18. The van der Waals surface area contributed by atoms with Crippen molar-refractivity contribution < 1.29 is 35.1 Å². The van der Waals surface area contributed by atoms with E-state index in [0.717, 1.165) is 37.7 Å². The maximum atomic E-state index is 12.4. The molecule has 15 heteroatoms. The van der Waals surface area contributed by atoms with E-state index in [-0.39, 0.29) is 29.2 Å². The average Bonchev–Trinajstić information content (AvgIpc) is 3.15. The number of aliphatic hydroxyl groups is 5. The molecule has 1 aromatic heterocycles. The minimum Gasteiger partial charge on any atom is -0.492 e. The van der Waals surface area contributed by atoms with Crippen LogP contribution in [-0.2, 0) is 12.8 Å². The Morgan fingerprint density at radius 1 is 0.906 bits per heavy atom. The number of aromatic nitrogens is 2. The van der Waals surface area contributed by atoms with Crippen molar-refractivity contribution in [2.75, 3.05) is 45.1 Å². The molecule has 0 bridgehead atoms. The van der Waals surface area contributed by atoms with Gasteiger partial charge in [0.25, 0.3) is 5.91 Å². The van der Waals surface area contributed by atoms with Gasteiger partial charge in [0.05, 0.1) is 18.4 Å². The molecule has 0 aliphatic carbocycles. The molecular formula is C38H50ClN7O7. The molecule has 53 heavy (non-hydrogen) atoms. The Balaban J connectivity index is 1.22. The average molecular weight is 752 g/mol. The monoisotopic (exact) mass is 751 g/mol. The maximum Gasteiger partial charge on any atom is 0.280 e. The lowest BCUT2D eigenvalue weighted by atomic mass is 10.0. The fourth-order valence-electron chi connectivity index (χ4n) is 5.71. The van der Waals surface area contributed by atoms with Gasteiger partial charge in [0, 0.05) is 19.6 Å². The van der Waals surface area contributed by atoms with Crippen LogP contribution in [0, 0.1) is 6.92 Å². The Kier molecular flexibility index (Phi) is 16.2. The number of aliphatic imine (C=N–C) groups is 1. The van der Waals surface area contributed by atoms with E-state index >= 15 is 0 Å². The van der Waals surface area contributed by atoms with Gasteiger partial charge in [-0.3, -0.25) is 20.0 Å². The van der Waals surface area contributed by atoms with Crippen LogP contribution >= 0.6 is 11.6 Å². The lowest BCUT2D eigenvalue weighted by Gasteiger charge is -2.30. The van der Waals surface area contributed by atoms with E-state index in [4.69, 9.17) is 32.9 Å². The number of aryl methyl sites for hydroxylation is 3. The first-order valence-electron chi connectivity index (χ1n) is 17.6. The maximum absolute atomic E-state index is 12.4. The SMILES string of the molecule is Cc1nc(N)c(C(=O)NC(N)=NCCCCc2ccc(OCCN(CCCc3ccc4ccccc4c3)C[C@H](O)[C@@H](O)[C@H](O)[C@H](O)CO)cc2)nc1Cl. The fraction of sp³-hybridized carbons (Fsp3) is 0.421. The number of hydrogen-bond donors (Lipinski definition) is 8. The van der Waals surface area contributed by atoms with Crippen LogP contribution in [0.2, 0.25) is 5.15 Å². The molecule has 4 atom stereocenters. The number of guanidine groups is 1. The van der Waals surface area contributed by atoms with E-state index in [2.05, 4.69) is 50.6 Å². The number of fused-ring (bicyclic) bond motifs is 1. The topological polar surface area (TPSA) is 233 Å². The van der Waals surface area contributed by atoms with Gasteiger partial charge in [0.2, 0.25) is 0 Å². The number of rotatable bonds is 20. The van der Waals surface area contributed by atoms with Gasteiger partial charge in [-0.05, 0) is 79.6 Å². The van der Waals surface area contributed by atoms with Crippen molar-refractivity contribution in [3.8, 4) is 5.75 Å². The summed E-state index contributed by atoms with van der Waals surface area (Å²) in [7, 11) is 0. The van der Waals surface area contributed by atoms with Crippen LogP contribution in [0.5, 0.6) is 5.75 Å². The van der Waals surface area contributed by atoms with E-state index < -0.39 is 36.9 Å². The third-order valence-corrected chi connectivity index (χ3v) is 9.13. The number of ether oxygens (including phenoxy) is 1. The predicted octanol–water partition coefficient (Wildman–Crippen LogP) is 1.99. The summed E-state index contributed by atoms with van der Waals surface area (Å²) in [5, 5.41) is 55.0. The number of unbranched alkanes of at least 4 members (excludes halogenated alkanes) is 1. The molecule has 0 fully saturated rings. The Hall–Kier alpha value is -4.41. The quantitative estimate of drug-likeness (QED) is 0.0368. The van der Waals surface area contributed by atoms with Gasteiger partial charge in [-0.1, -0.05) is 66.2 Å². The minimum absolute atomic E-state index is 0.0311. The van der Waals surface area contributed by atoms with Gasteiger partial charge >= 0.3 is 0 Å². The van der Waals surface area contributed by atoms with Gasteiger partial charge < -0.3 is 41.7 Å². The Morgan fingerprint density at radius 3 is 2.32 bits per heavy atom. The molecule has 3 aromatic carbocycles. The molecule has 1 heterocycles. The summed E-state index contributed by atoms with van der Waals surface area (Å²) in [6.45, 7) is 2.67. The molecule has 286 valence electrons. The number of nitrogens with one attached hydrogen (secondary N) is 1. The molecule has 0 radical (unpaired) electrons. The van der Waals surface area contributed by atoms with Crippen molar-refractivity contribution >= 4 is 40.1 Å². The van der Waals surface area contributed by atoms with E-state index in [0.29, 0.717) is 37.7 Å². The van der Waals surface area contributed by atoms with Crippen molar-refractivity contribution in [1.29, 1.82) is 0 Å². The normalized spacial score (nSPS) is 14.2. The van der Waals surface area contributed by atoms with Crippen molar-refractivity contribution in [1.82, 2.24) is 20.2 Å². The second kappa shape index (κ2) is 20.7. The molecule has 4 rings (SSSR count). The van der Waals surface area contributed by atoms with Gasteiger partial charge in [0.1, 0.15) is 30.7 Å². The largest absolute Gasteiger partial charge is 0.492 e. The Morgan fingerprint density at radius 2 is 1.58 bits per heavy atom. The van der Waals surface area contributed by atoms with Gasteiger partial charge in [-0.15, -0.1) is 0 Å². The number of hydrogen-bond acceptors (Lipinski definition) is 12. The van der Waals surface area contributed by atoms with Crippen LogP contribution < -0.4 is 21.5 Å². The van der Waals surface area contributed by atoms with Crippen LogP contribution in [0.4, 0.5) is 5.82 Å². The summed E-state index contributed by atoms with van der Waals surface area (Å²) in [5.74, 6) is -0.0666. The molecule has 4 aromatic rings. The van der Waals surface area contributed by atoms with Crippen molar-refractivity contribution in [3.63, 3.8) is 0 Å². The molecule has 0 aliphatic heterocycles. The zero-order valence-corrected chi connectivity index (χ0v) is 30.6. The zero-order chi connectivity index (χ0) is 38.3. The Labute approximate surface area is 314 Å². The summed E-state index contributed by atoms with van der Waals surface area (Å²) in [5.41, 5.74) is 14.2. The van der Waals surface area contributed by atoms with Crippen LogP contribution in [0.1, 0.15) is 46.6 Å². The molecule has 0 unspecified atom stereocenters. The number of aliphatic hydroxyl groups excluding tert-OH is 5. The van der Waals surface area contributed by atoms with E-state index in [1.54, 1.807) is 6.92 Å². The molecule has 0 aliphatic rings. The van der Waals surface area contributed by atoms with E-state index in [1.165, 1.54) is 16.3 Å². The zero-order valence-electron chi connectivity index (χ0n) is 29.8. The summed E-state index contributed by atoms with van der Waals surface area (Å²) < 4.78 is 6.00. The van der Waals surface area contributed by atoms with Crippen LogP contribution in [0.15, 0.2) is 71.7 Å². The lowest BCUT2D eigenvalue weighted by molar-refractivity contribution is -0.119. The first-order valence-corrected chi connectivity index (χ1v) is 18.0. The third-order valence-electron chi connectivity index (χ3n) is 8.78. The van der Waals surface area contributed by atoms with Crippen molar-refractivity contribution in [3.05, 3.63) is 94.4 Å². The molecular weight excluding hydrogens is 702 g/mol. The minimum atomic E-state index is -1.69. The standard InChI is InChI=1S/C38H50ClN7O7/c1-24-35(39)44-32(36(40)43-24)37(52)45-38(41)42-17-5-4-7-25-12-15-29(16-13-25)53-20-19-46(22-30(48)33(50)34(51)31(49)23-47)18-6-8-26-11-14-27-9-2-3-10-28(27)21-26/h2-3,9-16,21,30-31,33-34,47-51H,4-8,17-20,22-23H2,1H3,(H2,40,43)(H3,41,42,45,52)/t30-,31+,33+,34+/m0/s1. The highest BCUT2D eigenvalue weighted by Gasteiger charge is 2.31. The van der Waals surface area contributed by atoms with E-state index in [9.17, 15) is 25.2 Å². The predicted molar refractivity (Wildman–Crippen MR) is 205 cm³/mol. The van der Waals surface area contributed by atoms with E-state index in [1.807, 2.05) is 41.3 Å². The number of benzene rings is 3. The number of carbonyl (C=O) groups excluding carboxylic acids is 1. The smallest absolute Gasteiger partial charge is 0.280 e. The van der Waals surface area contributed by atoms with Crippen molar-refractivity contribution in [2.24, 2.45) is 10.7 Å². The summed E-state index contributed by atoms with van der Waals surface area (Å²) >= 11 is 5.95. The molecule has 0 saturated heterocycles. The number of anilines is 1. The molecule has 1 amide bonds.